The van der Waals surface area contributed by atoms with Gasteiger partial charge in [0.25, 0.3) is 0 Å². The maximum atomic E-state index is 4.47. The van der Waals surface area contributed by atoms with Gasteiger partial charge in [0.05, 0.1) is 6.54 Å². The summed E-state index contributed by atoms with van der Waals surface area (Å²) in [5, 5.41) is 7.69. The molecular weight excluding hydrogens is 176 g/mol. The SMILES string of the molecule is CC(C)NCc1nc(C(C)C)nn1C. The van der Waals surface area contributed by atoms with Gasteiger partial charge in [-0.1, -0.05) is 27.7 Å². The number of hydrogen-bond acceptors (Lipinski definition) is 3. The van der Waals surface area contributed by atoms with Gasteiger partial charge < -0.3 is 5.32 Å². The van der Waals surface area contributed by atoms with Crippen molar-refractivity contribution in [1.82, 2.24) is 20.1 Å². The van der Waals surface area contributed by atoms with Crippen molar-refractivity contribution in [2.45, 2.75) is 46.2 Å². The van der Waals surface area contributed by atoms with Gasteiger partial charge in [0, 0.05) is 19.0 Å². The lowest BCUT2D eigenvalue weighted by molar-refractivity contribution is 0.551. The van der Waals surface area contributed by atoms with Crippen LogP contribution in [0.2, 0.25) is 0 Å². The van der Waals surface area contributed by atoms with Crippen LogP contribution in [-0.4, -0.2) is 20.8 Å². The molecule has 0 fully saturated rings. The molecule has 0 radical (unpaired) electrons. The van der Waals surface area contributed by atoms with Crippen LogP contribution in [0.4, 0.5) is 0 Å². The van der Waals surface area contributed by atoms with E-state index in [0.29, 0.717) is 12.0 Å². The van der Waals surface area contributed by atoms with Gasteiger partial charge in [-0.05, 0) is 0 Å². The molecule has 80 valence electrons. The lowest BCUT2D eigenvalue weighted by Gasteiger charge is -2.06. The van der Waals surface area contributed by atoms with Crippen LogP contribution in [0.15, 0.2) is 0 Å². The maximum Gasteiger partial charge on any atom is 0.153 e. The van der Waals surface area contributed by atoms with Gasteiger partial charge in [0.15, 0.2) is 5.82 Å². The predicted molar refractivity (Wildman–Crippen MR) is 57.1 cm³/mol. The van der Waals surface area contributed by atoms with E-state index in [-0.39, 0.29) is 0 Å². The molecule has 0 atom stereocenters. The summed E-state index contributed by atoms with van der Waals surface area (Å²) in [6, 6.07) is 0.481. The monoisotopic (exact) mass is 196 g/mol. The molecule has 0 aliphatic heterocycles. The van der Waals surface area contributed by atoms with Crippen molar-refractivity contribution in [1.29, 1.82) is 0 Å². The highest BCUT2D eigenvalue weighted by atomic mass is 15.3. The van der Waals surface area contributed by atoms with Crippen molar-refractivity contribution < 1.29 is 0 Å². The van der Waals surface area contributed by atoms with Crippen LogP contribution >= 0.6 is 0 Å². The lowest BCUT2D eigenvalue weighted by Crippen LogP contribution is -2.23. The van der Waals surface area contributed by atoms with E-state index in [4.69, 9.17) is 0 Å². The van der Waals surface area contributed by atoms with Gasteiger partial charge in [0.2, 0.25) is 0 Å². The van der Waals surface area contributed by atoms with Crippen molar-refractivity contribution in [3.63, 3.8) is 0 Å². The largest absolute Gasteiger partial charge is 0.308 e. The molecular formula is C10H20N4. The minimum Gasteiger partial charge on any atom is -0.308 e. The second kappa shape index (κ2) is 4.55. The van der Waals surface area contributed by atoms with Crippen molar-refractivity contribution >= 4 is 0 Å². The Morgan fingerprint density at radius 2 is 1.93 bits per heavy atom. The summed E-state index contributed by atoms with van der Waals surface area (Å²) in [5.41, 5.74) is 0. The molecule has 0 aliphatic rings. The minimum absolute atomic E-state index is 0.397. The molecule has 1 heterocycles. The van der Waals surface area contributed by atoms with E-state index in [1.165, 1.54) is 0 Å². The Morgan fingerprint density at radius 3 is 2.36 bits per heavy atom. The molecule has 4 nitrogen and oxygen atoms in total. The molecule has 0 unspecified atom stereocenters. The molecule has 4 heteroatoms. The Labute approximate surface area is 85.7 Å². The molecule has 1 aromatic rings. The van der Waals surface area contributed by atoms with E-state index in [1.807, 2.05) is 11.7 Å². The number of aryl methyl sites for hydroxylation is 1. The predicted octanol–water partition coefficient (Wildman–Crippen LogP) is 1.44. The fourth-order valence-corrected chi connectivity index (χ4v) is 1.13. The van der Waals surface area contributed by atoms with Crippen LogP contribution < -0.4 is 5.32 Å². The lowest BCUT2D eigenvalue weighted by atomic mass is 10.2. The Balaban J connectivity index is 2.67. The number of rotatable bonds is 4. The third-order valence-electron chi connectivity index (χ3n) is 2.05. The molecule has 0 aliphatic carbocycles. The first-order valence-electron chi connectivity index (χ1n) is 5.14. The highest BCUT2D eigenvalue weighted by Gasteiger charge is 2.09. The van der Waals surface area contributed by atoms with Gasteiger partial charge in [-0.2, -0.15) is 5.10 Å². The second-order valence-electron chi connectivity index (χ2n) is 4.20. The van der Waals surface area contributed by atoms with E-state index in [0.717, 1.165) is 18.2 Å². The van der Waals surface area contributed by atoms with Gasteiger partial charge in [-0.15, -0.1) is 0 Å². The van der Waals surface area contributed by atoms with E-state index >= 15 is 0 Å². The van der Waals surface area contributed by atoms with E-state index < -0.39 is 0 Å². The number of nitrogens with zero attached hydrogens (tertiary/aromatic N) is 3. The molecule has 0 saturated carbocycles. The zero-order chi connectivity index (χ0) is 10.7. The Hall–Kier alpha value is -0.900. The summed E-state index contributed by atoms with van der Waals surface area (Å²) < 4.78 is 1.85. The number of hydrogen-bond donors (Lipinski definition) is 1. The summed E-state index contributed by atoms with van der Waals surface area (Å²) in [6.07, 6.45) is 0. The summed E-state index contributed by atoms with van der Waals surface area (Å²) >= 11 is 0. The van der Waals surface area contributed by atoms with E-state index in [2.05, 4.69) is 43.1 Å². The van der Waals surface area contributed by atoms with E-state index in [1.54, 1.807) is 0 Å². The number of aromatic nitrogens is 3. The van der Waals surface area contributed by atoms with Crippen LogP contribution in [0, 0.1) is 0 Å². The Morgan fingerprint density at radius 1 is 1.29 bits per heavy atom. The van der Waals surface area contributed by atoms with Crippen molar-refractivity contribution in [3.05, 3.63) is 11.6 Å². The first-order valence-corrected chi connectivity index (χ1v) is 5.14. The van der Waals surface area contributed by atoms with Crippen LogP contribution in [0.25, 0.3) is 0 Å². The van der Waals surface area contributed by atoms with Gasteiger partial charge in [-0.25, -0.2) is 4.98 Å². The molecule has 0 spiro atoms. The summed E-state index contributed by atoms with van der Waals surface area (Å²) in [6.45, 7) is 9.25. The average Bonchev–Trinajstić information content (AvgIpc) is 2.43. The summed E-state index contributed by atoms with van der Waals surface area (Å²) in [7, 11) is 1.94. The Bertz CT molecular complexity index is 288. The van der Waals surface area contributed by atoms with Crippen molar-refractivity contribution in [2.24, 2.45) is 7.05 Å². The van der Waals surface area contributed by atoms with Gasteiger partial charge in [-0.3, -0.25) is 4.68 Å². The number of nitrogens with one attached hydrogen (secondary N) is 1. The minimum atomic E-state index is 0.397. The van der Waals surface area contributed by atoms with Gasteiger partial charge in [0.1, 0.15) is 5.82 Å². The fourth-order valence-electron chi connectivity index (χ4n) is 1.13. The van der Waals surface area contributed by atoms with E-state index in [9.17, 15) is 0 Å². The molecule has 0 amide bonds. The quantitative estimate of drug-likeness (QED) is 0.792. The van der Waals surface area contributed by atoms with Gasteiger partial charge >= 0.3 is 0 Å². The fraction of sp³-hybridized carbons (Fsp3) is 0.800. The zero-order valence-corrected chi connectivity index (χ0v) is 9.70. The second-order valence-corrected chi connectivity index (χ2v) is 4.20. The molecule has 1 N–H and O–H groups in total. The normalized spacial score (nSPS) is 11.6. The Kier molecular flexibility index (Phi) is 3.63. The highest BCUT2D eigenvalue weighted by molar-refractivity contribution is 4.96. The van der Waals surface area contributed by atoms with Crippen molar-refractivity contribution in [3.8, 4) is 0 Å². The smallest absolute Gasteiger partial charge is 0.153 e. The zero-order valence-electron chi connectivity index (χ0n) is 9.70. The molecule has 14 heavy (non-hydrogen) atoms. The standard InChI is InChI=1S/C10H20N4/c1-7(2)10-12-9(14(5)13-10)6-11-8(3)4/h7-8,11H,6H2,1-5H3. The molecule has 0 aromatic carbocycles. The molecule has 0 bridgehead atoms. The third-order valence-corrected chi connectivity index (χ3v) is 2.05. The topological polar surface area (TPSA) is 42.7 Å². The third kappa shape index (κ3) is 2.80. The first-order chi connectivity index (χ1) is 6.50. The summed E-state index contributed by atoms with van der Waals surface area (Å²) in [4.78, 5) is 4.47. The van der Waals surface area contributed by atoms with Crippen LogP contribution in [0.5, 0.6) is 0 Å². The van der Waals surface area contributed by atoms with Crippen LogP contribution in [0.1, 0.15) is 45.3 Å². The maximum absolute atomic E-state index is 4.47. The van der Waals surface area contributed by atoms with Crippen LogP contribution in [0.3, 0.4) is 0 Å². The summed E-state index contributed by atoms with van der Waals surface area (Å²) in [5.74, 6) is 2.32. The highest BCUT2D eigenvalue weighted by Crippen LogP contribution is 2.09. The molecule has 1 aromatic heterocycles. The van der Waals surface area contributed by atoms with Crippen LogP contribution in [-0.2, 0) is 13.6 Å². The average molecular weight is 196 g/mol. The van der Waals surface area contributed by atoms with Crippen molar-refractivity contribution in [2.75, 3.05) is 0 Å². The molecule has 1 rings (SSSR count). The first kappa shape index (κ1) is 11.2. The molecule has 0 saturated heterocycles.